The largest absolute Gasteiger partial charge is 0.508 e. The Morgan fingerprint density at radius 2 is 2.16 bits per heavy atom. The van der Waals surface area contributed by atoms with Crippen molar-refractivity contribution in [3.63, 3.8) is 0 Å². The molecule has 6 heteroatoms. The van der Waals surface area contributed by atoms with Crippen LogP contribution < -0.4 is 4.90 Å². The van der Waals surface area contributed by atoms with E-state index in [4.69, 9.17) is 0 Å². The fourth-order valence-electron chi connectivity index (χ4n) is 3.61. The van der Waals surface area contributed by atoms with Gasteiger partial charge in [0.05, 0.1) is 23.3 Å². The number of phenols is 1. The molecule has 1 N–H and O–H groups in total. The van der Waals surface area contributed by atoms with Gasteiger partial charge in [-0.25, -0.2) is 8.91 Å². The number of anilines is 1. The summed E-state index contributed by atoms with van der Waals surface area (Å²) in [7, 11) is 0. The maximum atomic E-state index is 13.7. The van der Waals surface area contributed by atoms with Crippen molar-refractivity contribution in [2.45, 2.75) is 25.8 Å². The van der Waals surface area contributed by atoms with Crippen molar-refractivity contribution in [3.05, 3.63) is 59.7 Å². The van der Waals surface area contributed by atoms with E-state index in [0.29, 0.717) is 11.1 Å². The third-order valence-corrected chi connectivity index (χ3v) is 4.82. The predicted octanol–water partition coefficient (Wildman–Crippen LogP) is 3.72. The number of ketones is 1. The molecule has 3 aromatic rings. The minimum atomic E-state index is -0.357. The Morgan fingerprint density at radius 1 is 1.32 bits per heavy atom. The van der Waals surface area contributed by atoms with Gasteiger partial charge < -0.3 is 10.0 Å². The van der Waals surface area contributed by atoms with Gasteiger partial charge >= 0.3 is 0 Å². The van der Waals surface area contributed by atoms with Crippen molar-refractivity contribution in [1.82, 2.24) is 9.61 Å². The highest BCUT2D eigenvalue weighted by Gasteiger charge is 2.29. The summed E-state index contributed by atoms with van der Waals surface area (Å²) in [4.78, 5) is 13.9. The average Bonchev–Trinajstić information content (AvgIpc) is 3.22. The summed E-state index contributed by atoms with van der Waals surface area (Å²) in [5.41, 5.74) is 2.85. The Kier molecular flexibility index (Phi) is 3.67. The van der Waals surface area contributed by atoms with Gasteiger partial charge in [-0.15, -0.1) is 0 Å². The van der Waals surface area contributed by atoms with Crippen molar-refractivity contribution in [2.24, 2.45) is 0 Å². The molecule has 25 heavy (non-hydrogen) atoms. The van der Waals surface area contributed by atoms with Crippen LogP contribution in [0.5, 0.6) is 5.75 Å². The van der Waals surface area contributed by atoms with E-state index in [1.165, 1.54) is 25.1 Å². The van der Waals surface area contributed by atoms with E-state index in [9.17, 15) is 14.3 Å². The molecule has 5 nitrogen and oxygen atoms in total. The lowest BCUT2D eigenvalue weighted by atomic mass is 10.0. The molecule has 1 atom stereocenters. The Bertz CT molecular complexity index is 966. The minimum absolute atomic E-state index is 0.0344. The van der Waals surface area contributed by atoms with E-state index >= 15 is 0 Å². The molecule has 0 radical (unpaired) electrons. The summed E-state index contributed by atoms with van der Waals surface area (Å²) in [6, 6.07) is 7.82. The minimum Gasteiger partial charge on any atom is -0.508 e. The quantitative estimate of drug-likeness (QED) is 0.739. The first-order valence-corrected chi connectivity index (χ1v) is 8.28. The van der Waals surface area contributed by atoms with Crippen molar-refractivity contribution >= 4 is 17.0 Å². The Labute approximate surface area is 144 Å². The Balaban J connectivity index is 1.77. The zero-order valence-electron chi connectivity index (χ0n) is 13.8. The number of aromatic nitrogens is 2. The molecule has 0 unspecified atom stereocenters. The van der Waals surface area contributed by atoms with E-state index in [1.807, 2.05) is 18.3 Å². The molecule has 0 aliphatic carbocycles. The Hall–Kier alpha value is -2.89. The molecule has 3 heterocycles. The van der Waals surface area contributed by atoms with Crippen LogP contribution in [-0.2, 0) is 0 Å². The van der Waals surface area contributed by atoms with Crippen LogP contribution in [0.4, 0.5) is 10.1 Å². The SMILES string of the molecule is CC(=O)c1cnn2ccc(N3CCC[C@@H]3c3cc(F)ccc3O)cc12. The van der Waals surface area contributed by atoms with E-state index in [1.54, 1.807) is 10.7 Å². The fourth-order valence-corrected chi connectivity index (χ4v) is 3.61. The van der Waals surface area contributed by atoms with Gasteiger partial charge in [-0.1, -0.05) is 0 Å². The lowest BCUT2D eigenvalue weighted by Crippen LogP contribution is -2.22. The second-order valence-corrected chi connectivity index (χ2v) is 6.38. The fraction of sp³-hybridized carbons (Fsp3) is 0.263. The molecule has 0 amide bonds. The maximum absolute atomic E-state index is 13.7. The number of halogens is 1. The van der Waals surface area contributed by atoms with Gasteiger partial charge in [0.1, 0.15) is 11.6 Å². The molecule has 4 rings (SSSR count). The number of carbonyl (C=O) groups excluding carboxylic acids is 1. The van der Waals surface area contributed by atoms with Gasteiger partial charge in [-0.2, -0.15) is 5.10 Å². The standard InChI is InChI=1S/C19H18FN3O2/c1-12(24)16-11-21-23-8-6-14(10-18(16)23)22-7-2-3-17(22)15-9-13(20)4-5-19(15)25/h4-6,8-11,17,25H,2-3,7H2,1H3/t17-/m1/s1. The summed E-state index contributed by atoms with van der Waals surface area (Å²) >= 11 is 0. The van der Waals surface area contributed by atoms with Gasteiger partial charge in [-0.05, 0) is 50.1 Å². The zero-order valence-corrected chi connectivity index (χ0v) is 13.8. The van der Waals surface area contributed by atoms with Gasteiger partial charge in [0.15, 0.2) is 5.78 Å². The predicted molar refractivity (Wildman–Crippen MR) is 92.6 cm³/mol. The van der Waals surface area contributed by atoms with Crippen molar-refractivity contribution in [2.75, 3.05) is 11.4 Å². The van der Waals surface area contributed by atoms with Gasteiger partial charge in [0.25, 0.3) is 0 Å². The second kappa shape index (κ2) is 5.88. The maximum Gasteiger partial charge on any atom is 0.163 e. The highest BCUT2D eigenvalue weighted by atomic mass is 19.1. The first-order valence-electron chi connectivity index (χ1n) is 8.28. The number of fused-ring (bicyclic) bond motifs is 1. The summed E-state index contributed by atoms with van der Waals surface area (Å²) in [5.74, 6) is -0.286. The van der Waals surface area contributed by atoms with Crippen LogP contribution in [0, 0.1) is 5.82 Å². The number of Topliss-reactive ketones (excluding diaryl/α,β-unsaturated/α-hetero) is 1. The zero-order chi connectivity index (χ0) is 17.6. The molecule has 128 valence electrons. The topological polar surface area (TPSA) is 57.8 Å². The summed E-state index contributed by atoms with van der Waals surface area (Å²) < 4.78 is 15.3. The molecule has 2 aromatic heterocycles. The third kappa shape index (κ3) is 2.63. The number of hydrogen-bond donors (Lipinski definition) is 1. The number of rotatable bonds is 3. The summed E-state index contributed by atoms with van der Waals surface area (Å²) in [6.45, 7) is 2.33. The van der Waals surface area contributed by atoms with Crippen LogP contribution in [0.1, 0.15) is 41.7 Å². The first kappa shape index (κ1) is 15.6. The molecule has 1 saturated heterocycles. The molecule has 1 aliphatic rings. The number of phenolic OH excluding ortho intramolecular Hbond substituents is 1. The van der Waals surface area contributed by atoms with Crippen LogP contribution in [0.15, 0.2) is 42.7 Å². The number of aromatic hydroxyl groups is 1. The van der Waals surface area contributed by atoms with E-state index in [-0.39, 0.29) is 23.4 Å². The molecule has 1 aromatic carbocycles. The molecular formula is C19H18FN3O2. The number of hydrogen-bond acceptors (Lipinski definition) is 4. The number of carbonyl (C=O) groups is 1. The highest BCUT2D eigenvalue weighted by molar-refractivity contribution is 6.00. The van der Waals surface area contributed by atoms with Crippen LogP contribution in [0.3, 0.4) is 0 Å². The lowest BCUT2D eigenvalue weighted by molar-refractivity contribution is 0.101. The second-order valence-electron chi connectivity index (χ2n) is 6.38. The molecule has 0 saturated carbocycles. The molecule has 1 fully saturated rings. The molecule has 0 bridgehead atoms. The number of benzene rings is 1. The normalized spacial score (nSPS) is 17.4. The van der Waals surface area contributed by atoms with Crippen molar-refractivity contribution in [3.8, 4) is 5.75 Å². The smallest absolute Gasteiger partial charge is 0.163 e. The van der Waals surface area contributed by atoms with Crippen molar-refractivity contribution in [1.29, 1.82) is 0 Å². The van der Waals surface area contributed by atoms with Crippen LogP contribution in [0.25, 0.3) is 5.52 Å². The molecular weight excluding hydrogens is 321 g/mol. The van der Waals surface area contributed by atoms with Gasteiger partial charge in [0, 0.05) is 24.0 Å². The van der Waals surface area contributed by atoms with Crippen LogP contribution in [0.2, 0.25) is 0 Å². The van der Waals surface area contributed by atoms with E-state index in [2.05, 4.69) is 10.00 Å². The molecule has 1 aliphatic heterocycles. The average molecular weight is 339 g/mol. The van der Waals surface area contributed by atoms with Gasteiger partial charge in [-0.3, -0.25) is 4.79 Å². The van der Waals surface area contributed by atoms with Crippen LogP contribution in [-0.4, -0.2) is 27.0 Å². The van der Waals surface area contributed by atoms with Crippen molar-refractivity contribution < 1.29 is 14.3 Å². The van der Waals surface area contributed by atoms with E-state index < -0.39 is 0 Å². The third-order valence-electron chi connectivity index (χ3n) is 4.82. The Morgan fingerprint density at radius 3 is 2.96 bits per heavy atom. The first-order chi connectivity index (χ1) is 12.0. The number of pyridine rings is 1. The summed E-state index contributed by atoms with van der Waals surface area (Å²) in [5, 5.41) is 14.4. The number of nitrogens with zero attached hydrogens (tertiary/aromatic N) is 3. The lowest BCUT2D eigenvalue weighted by Gasteiger charge is -2.28. The summed E-state index contributed by atoms with van der Waals surface area (Å²) in [6.07, 6.45) is 5.17. The van der Waals surface area contributed by atoms with Crippen LogP contribution >= 0.6 is 0 Å². The van der Waals surface area contributed by atoms with E-state index in [0.717, 1.165) is 30.6 Å². The monoisotopic (exact) mass is 339 g/mol. The van der Waals surface area contributed by atoms with Gasteiger partial charge in [0.2, 0.25) is 0 Å². The highest BCUT2D eigenvalue weighted by Crippen LogP contribution is 2.40. The molecule has 0 spiro atoms.